The normalized spacial score (nSPS) is 14.3. The molecule has 0 unspecified atom stereocenters. The van der Waals surface area contributed by atoms with E-state index < -0.39 is 0 Å². The smallest absolute Gasteiger partial charge is 0.257 e. The van der Waals surface area contributed by atoms with E-state index in [-0.39, 0.29) is 17.8 Å². The average molecular weight is 418 g/mol. The maximum atomic E-state index is 12.6. The first kappa shape index (κ1) is 20.7. The second-order valence-corrected chi connectivity index (χ2v) is 7.95. The van der Waals surface area contributed by atoms with Crippen molar-refractivity contribution < 1.29 is 14.6 Å². The number of piperidine rings is 1. The minimum Gasteiger partial charge on any atom is -0.507 e. The van der Waals surface area contributed by atoms with E-state index in [0.717, 1.165) is 29.7 Å². The lowest BCUT2D eigenvalue weighted by Crippen LogP contribution is -2.41. The largest absolute Gasteiger partial charge is 0.507 e. The van der Waals surface area contributed by atoms with Gasteiger partial charge in [0.05, 0.1) is 5.56 Å². The Bertz CT molecular complexity index is 1020. The number of likely N-dealkylation sites (tertiary alicyclic amines) is 1. The Morgan fingerprint density at radius 2 is 1.68 bits per heavy atom. The number of amides is 1. The van der Waals surface area contributed by atoms with Crippen molar-refractivity contribution in [3.63, 3.8) is 0 Å². The summed E-state index contributed by atoms with van der Waals surface area (Å²) in [5, 5.41) is 9.92. The number of rotatable bonds is 5. The Morgan fingerprint density at radius 1 is 1.00 bits per heavy atom. The van der Waals surface area contributed by atoms with E-state index in [1.807, 2.05) is 32.4 Å². The van der Waals surface area contributed by atoms with Crippen LogP contribution in [0, 0.1) is 0 Å². The summed E-state index contributed by atoms with van der Waals surface area (Å²) in [6.07, 6.45) is 3.31. The third-order valence-electron chi connectivity index (χ3n) is 5.60. The monoisotopic (exact) mass is 417 g/mol. The van der Waals surface area contributed by atoms with Crippen LogP contribution in [0.3, 0.4) is 0 Å². The van der Waals surface area contributed by atoms with Crippen LogP contribution in [0.5, 0.6) is 11.6 Å². The van der Waals surface area contributed by atoms with Gasteiger partial charge in [-0.1, -0.05) is 24.3 Å². The van der Waals surface area contributed by atoms with Crippen LogP contribution < -0.4 is 9.64 Å². The number of benzene rings is 2. The molecule has 2 aromatic carbocycles. The van der Waals surface area contributed by atoms with Gasteiger partial charge >= 0.3 is 0 Å². The standard InChI is InChI=1S/C25H27N3O3/c1-27(2)20-10-7-18(8-11-20)19-9-12-24(26-17-19)31-21-13-15-28(16-14-21)25(30)22-5-3-4-6-23(22)29/h3-12,17,21,29H,13-16H2,1-2H3. The van der Waals surface area contributed by atoms with Crippen molar-refractivity contribution in [1.29, 1.82) is 0 Å². The maximum absolute atomic E-state index is 12.6. The SMILES string of the molecule is CN(C)c1ccc(-c2ccc(OC3CCN(C(=O)c4ccccc4O)CC3)nc2)cc1. The van der Waals surface area contributed by atoms with Crippen LogP contribution in [0.15, 0.2) is 66.9 Å². The zero-order chi connectivity index (χ0) is 21.8. The van der Waals surface area contributed by atoms with Crippen molar-refractivity contribution in [2.45, 2.75) is 18.9 Å². The van der Waals surface area contributed by atoms with Gasteiger partial charge in [0, 0.05) is 63.5 Å². The van der Waals surface area contributed by atoms with Gasteiger partial charge in [-0.05, 0) is 35.9 Å². The highest BCUT2D eigenvalue weighted by Gasteiger charge is 2.26. The Kier molecular flexibility index (Phi) is 6.07. The molecule has 0 bridgehead atoms. The lowest BCUT2D eigenvalue weighted by Gasteiger charge is -2.32. The molecule has 31 heavy (non-hydrogen) atoms. The summed E-state index contributed by atoms with van der Waals surface area (Å²) in [6.45, 7) is 1.18. The van der Waals surface area contributed by atoms with Crippen molar-refractivity contribution in [2.75, 3.05) is 32.1 Å². The lowest BCUT2D eigenvalue weighted by molar-refractivity contribution is 0.0585. The lowest BCUT2D eigenvalue weighted by atomic mass is 10.1. The Hall–Kier alpha value is -3.54. The van der Waals surface area contributed by atoms with Gasteiger partial charge in [-0.3, -0.25) is 4.79 Å². The molecule has 2 heterocycles. The van der Waals surface area contributed by atoms with Gasteiger partial charge in [-0.15, -0.1) is 0 Å². The van der Waals surface area contributed by atoms with Crippen LogP contribution in [-0.2, 0) is 0 Å². The number of carbonyl (C=O) groups excluding carboxylic acids is 1. The molecule has 160 valence electrons. The molecule has 3 aromatic rings. The highest BCUT2D eigenvalue weighted by molar-refractivity contribution is 5.96. The van der Waals surface area contributed by atoms with Crippen LogP contribution in [0.4, 0.5) is 5.69 Å². The third-order valence-corrected chi connectivity index (χ3v) is 5.60. The highest BCUT2D eigenvalue weighted by atomic mass is 16.5. The zero-order valence-electron chi connectivity index (χ0n) is 17.9. The number of hydrogen-bond acceptors (Lipinski definition) is 5. The van der Waals surface area contributed by atoms with E-state index in [9.17, 15) is 9.90 Å². The molecule has 1 aromatic heterocycles. The number of phenols is 1. The van der Waals surface area contributed by atoms with Gasteiger partial charge in [-0.25, -0.2) is 4.98 Å². The van der Waals surface area contributed by atoms with E-state index in [1.165, 1.54) is 6.07 Å². The van der Waals surface area contributed by atoms with Crippen molar-refractivity contribution in [3.05, 3.63) is 72.4 Å². The second kappa shape index (κ2) is 9.08. The Balaban J connectivity index is 1.32. The molecule has 0 aliphatic carbocycles. The number of phenolic OH excluding ortho intramolecular Hbond substituents is 1. The molecule has 1 fully saturated rings. The number of pyridine rings is 1. The first-order valence-electron chi connectivity index (χ1n) is 10.5. The quantitative estimate of drug-likeness (QED) is 0.674. The molecule has 1 amide bonds. The van der Waals surface area contributed by atoms with Gasteiger partial charge in [0.25, 0.3) is 5.91 Å². The van der Waals surface area contributed by atoms with E-state index in [0.29, 0.717) is 24.5 Å². The average Bonchev–Trinajstić information content (AvgIpc) is 2.80. The van der Waals surface area contributed by atoms with Gasteiger partial charge in [0.15, 0.2) is 0 Å². The molecule has 0 spiro atoms. The second-order valence-electron chi connectivity index (χ2n) is 7.95. The number of ether oxygens (including phenoxy) is 1. The van der Waals surface area contributed by atoms with Gasteiger partial charge in [-0.2, -0.15) is 0 Å². The van der Waals surface area contributed by atoms with Crippen molar-refractivity contribution >= 4 is 11.6 Å². The number of anilines is 1. The van der Waals surface area contributed by atoms with Gasteiger partial charge in [0.1, 0.15) is 11.9 Å². The summed E-state index contributed by atoms with van der Waals surface area (Å²) in [6, 6.07) is 18.9. The van der Waals surface area contributed by atoms with Crippen molar-refractivity contribution in [2.24, 2.45) is 0 Å². The molecule has 1 aliphatic rings. The fraction of sp³-hybridized carbons (Fsp3) is 0.280. The molecular formula is C25H27N3O3. The molecule has 0 radical (unpaired) electrons. The van der Waals surface area contributed by atoms with Gasteiger partial charge in [0.2, 0.25) is 5.88 Å². The molecule has 6 heteroatoms. The summed E-state index contributed by atoms with van der Waals surface area (Å²) in [5.41, 5.74) is 3.66. The predicted molar refractivity (Wildman–Crippen MR) is 122 cm³/mol. The highest BCUT2D eigenvalue weighted by Crippen LogP contribution is 2.25. The van der Waals surface area contributed by atoms with E-state index in [2.05, 4.69) is 34.1 Å². The first-order chi connectivity index (χ1) is 15.0. The number of aromatic nitrogens is 1. The molecule has 1 N–H and O–H groups in total. The summed E-state index contributed by atoms with van der Waals surface area (Å²) in [4.78, 5) is 20.9. The van der Waals surface area contributed by atoms with Gasteiger partial charge < -0.3 is 19.6 Å². The molecule has 4 rings (SSSR count). The molecule has 0 saturated carbocycles. The third kappa shape index (κ3) is 4.79. The van der Waals surface area contributed by atoms with Crippen LogP contribution in [0.2, 0.25) is 0 Å². The number of hydrogen-bond donors (Lipinski definition) is 1. The summed E-state index contributed by atoms with van der Waals surface area (Å²) >= 11 is 0. The molecular weight excluding hydrogens is 390 g/mol. The van der Waals surface area contributed by atoms with Crippen molar-refractivity contribution in [1.82, 2.24) is 9.88 Å². The fourth-order valence-corrected chi connectivity index (χ4v) is 3.75. The van der Waals surface area contributed by atoms with Crippen LogP contribution in [0.1, 0.15) is 23.2 Å². The molecule has 1 saturated heterocycles. The molecule has 1 aliphatic heterocycles. The predicted octanol–water partition coefficient (Wildman–Crippen LogP) is 4.20. The molecule has 0 atom stereocenters. The Labute approximate surface area is 182 Å². The van der Waals surface area contributed by atoms with Crippen LogP contribution in [0.25, 0.3) is 11.1 Å². The maximum Gasteiger partial charge on any atom is 0.257 e. The van der Waals surface area contributed by atoms with E-state index >= 15 is 0 Å². The first-order valence-corrected chi connectivity index (χ1v) is 10.5. The summed E-state index contributed by atoms with van der Waals surface area (Å²) in [5.74, 6) is 0.477. The van der Waals surface area contributed by atoms with E-state index in [1.54, 1.807) is 23.1 Å². The minimum absolute atomic E-state index is 0.0196. The number of para-hydroxylation sites is 1. The number of aromatic hydroxyl groups is 1. The molecule has 6 nitrogen and oxygen atoms in total. The number of nitrogens with zero attached hydrogens (tertiary/aromatic N) is 3. The summed E-state index contributed by atoms with van der Waals surface area (Å²) in [7, 11) is 4.04. The Morgan fingerprint density at radius 3 is 2.29 bits per heavy atom. The topological polar surface area (TPSA) is 65.9 Å². The zero-order valence-corrected chi connectivity index (χ0v) is 17.9. The fourth-order valence-electron chi connectivity index (χ4n) is 3.75. The minimum atomic E-state index is -0.140. The van der Waals surface area contributed by atoms with E-state index in [4.69, 9.17) is 4.74 Å². The number of carbonyl (C=O) groups is 1. The van der Waals surface area contributed by atoms with Crippen LogP contribution in [-0.4, -0.2) is 54.2 Å². The summed E-state index contributed by atoms with van der Waals surface area (Å²) < 4.78 is 6.05. The van der Waals surface area contributed by atoms with Crippen molar-refractivity contribution in [3.8, 4) is 22.8 Å². The van der Waals surface area contributed by atoms with Crippen LogP contribution >= 0.6 is 0 Å².